The van der Waals surface area contributed by atoms with Crippen LogP contribution in [0.3, 0.4) is 0 Å². The third-order valence-electron chi connectivity index (χ3n) is 2.96. The van der Waals surface area contributed by atoms with Gasteiger partial charge in [0.1, 0.15) is 0 Å². The number of aryl methyl sites for hydroxylation is 1. The first-order chi connectivity index (χ1) is 7.86. The van der Waals surface area contributed by atoms with Crippen molar-refractivity contribution in [2.45, 2.75) is 58.3 Å². The second kappa shape index (κ2) is 8.32. The second-order valence-electron chi connectivity index (χ2n) is 4.43. The maximum absolute atomic E-state index is 4.36. The molecule has 0 amide bonds. The molecule has 0 aromatic carbocycles. The van der Waals surface area contributed by atoms with Crippen molar-refractivity contribution in [1.82, 2.24) is 4.98 Å². The lowest BCUT2D eigenvalue weighted by molar-refractivity contribution is 0.607. The second-order valence-corrected chi connectivity index (χ2v) is 4.43. The molecule has 1 radical (unpaired) electrons. The first-order valence-electron chi connectivity index (χ1n) is 6.60. The fourth-order valence-corrected chi connectivity index (χ4v) is 1.86. The molecule has 0 N–H and O–H groups in total. The highest BCUT2D eigenvalue weighted by molar-refractivity contribution is 5.14. The molecule has 0 saturated carbocycles. The zero-order valence-electron chi connectivity index (χ0n) is 10.5. The van der Waals surface area contributed by atoms with Gasteiger partial charge in [0.2, 0.25) is 0 Å². The third kappa shape index (κ3) is 5.29. The van der Waals surface area contributed by atoms with Gasteiger partial charge in [0.05, 0.1) is 0 Å². The van der Waals surface area contributed by atoms with Crippen molar-refractivity contribution in [3.8, 4) is 0 Å². The molecule has 0 aliphatic rings. The Kier molecular flexibility index (Phi) is 6.87. The van der Waals surface area contributed by atoms with Gasteiger partial charge in [-0.3, -0.25) is 4.98 Å². The quantitative estimate of drug-likeness (QED) is 0.591. The van der Waals surface area contributed by atoms with Gasteiger partial charge in [0.15, 0.2) is 0 Å². The minimum atomic E-state index is 0.789. The van der Waals surface area contributed by atoms with Gasteiger partial charge in [0.25, 0.3) is 0 Å². The highest BCUT2D eigenvalue weighted by atomic mass is 14.7. The van der Waals surface area contributed by atoms with E-state index in [4.69, 9.17) is 0 Å². The molecule has 0 atom stereocenters. The molecule has 0 unspecified atom stereocenters. The van der Waals surface area contributed by atoms with E-state index in [1.807, 2.05) is 6.20 Å². The predicted molar refractivity (Wildman–Crippen MR) is 70.4 cm³/mol. The van der Waals surface area contributed by atoms with Gasteiger partial charge in [-0.2, -0.15) is 0 Å². The van der Waals surface area contributed by atoms with Crippen LogP contribution in [0.4, 0.5) is 0 Å². The van der Waals surface area contributed by atoms with Crippen molar-refractivity contribution in [3.63, 3.8) is 0 Å². The van der Waals surface area contributed by atoms with Gasteiger partial charge in [0, 0.05) is 11.9 Å². The Balaban J connectivity index is 2.12. The molecule has 89 valence electrons. The Morgan fingerprint density at radius 3 is 2.44 bits per heavy atom. The molecule has 1 rings (SSSR count). The maximum atomic E-state index is 4.36. The first kappa shape index (κ1) is 13.2. The molecule has 1 aromatic rings. The largest absolute Gasteiger partial charge is 0.261 e. The molecule has 0 fully saturated rings. The maximum Gasteiger partial charge on any atom is 0.0403 e. The summed E-state index contributed by atoms with van der Waals surface area (Å²) in [5.74, 6) is 0. The normalized spacial score (nSPS) is 10.6. The summed E-state index contributed by atoms with van der Waals surface area (Å²) in [5, 5.41) is 0. The van der Waals surface area contributed by atoms with E-state index in [0.717, 1.165) is 12.1 Å². The van der Waals surface area contributed by atoms with Crippen LogP contribution < -0.4 is 0 Å². The molecule has 1 heteroatoms. The monoisotopic (exact) mass is 218 g/mol. The molecule has 1 aromatic heterocycles. The van der Waals surface area contributed by atoms with E-state index in [1.54, 1.807) is 0 Å². The van der Waals surface area contributed by atoms with Crippen molar-refractivity contribution >= 4 is 0 Å². The fourth-order valence-electron chi connectivity index (χ4n) is 1.86. The van der Waals surface area contributed by atoms with E-state index in [1.165, 1.54) is 50.5 Å². The first-order valence-corrected chi connectivity index (χ1v) is 6.60. The van der Waals surface area contributed by atoms with Gasteiger partial charge in [-0.15, -0.1) is 0 Å². The highest BCUT2D eigenvalue weighted by Crippen LogP contribution is 2.09. The molecule has 1 heterocycles. The van der Waals surface area contributed by atoms with E-state index in [2.05, 4.69) is 31.0 Å². The minimum absolute atomic E-state index is 0.789. The molecule has 0 bridgehead atoms. The summed E-state index contributed by atoms with van der Waals surface area (Å²) >= 11 is 0. The van der Waals surface area contributed by atoms with Gasteiger partial charge in [-0.25, -0.2) is 0 Å². The minimum Gasteiger partial charge on any atom is -0.261 e. The number of hydrogen-bond donors (Lipinski definition) is 0. The van der Waals surface area contributed by atoms with Crippen molar-refractivity contribution in [3.05, 3.63) is 36.5 Å². The van der Waals surface area contributed by atoms with Crippen LogP contribution in [0, 0.1) is 6.92 Å². The van der Waals surface area contributed by atoms with E-state index in [0.29, 0.717) is 0 Å². The Morgan fingerprint density at radius 1 is 1.06 bits per heavy atom. The van der Waals surface area contributed by atoms with Gasteiger partial charge >= 0.3 is 0 Å². The summed E-state index contributed by atoms with van der Waals surface area (Å²) in [5.41, 5.74) is 2.46. The summed E-state index contributed by atoms with van der Waals surface area (Å²) in [6, 6.07) is 4.29. The average molecular weight is 218 g/mol. The van der Waals surface area contributed by atoms with Crippen molar-refractivity contribution in [1.29, 1.82) is 0 Å². The van der Waals surface area contributed by atoms with Crippen molar-refractivity contribution in [2.24, 2.45) is 0 Å². The lowest BCUT2D eigenvalue weighted by Crippen LogP contribution is -1.91. The lowest BCUT2D eigenvalue weighted by Gasteiger charge is -2.02. The Labute approximate surface area is 100 Å². The Hall–Kier alpha value is -0.850. The Bertz CT molecular complexity index is 263. The summed E-state index contributed by atoms with van der Waals surface area (Å²) in [4.78, 5) is 4.36. The van der Waals surface area contributed by atoms with E-state index in [-0.39, 0.29) is 0 Å². The molecule has 0 aliphatic heterocycles. The standard InChI is InChI=1S/C15H24N/c1-3-5-6-7-8-9-10-14-11-12-15(4-2)16-13-14/h11-13H,2-10H2,1H3. The molecular weight excluding hydrogens is 194 g/mol. The summed E-state index contributed by atoms with van der Waals surface area (Å²) < 4.78 is 0. The highest BCUT2D eigenvalue weighted by Gasteiger charge is 1.95. The van der Waals surface area contributed by atoms with E-state index >= 15 is 0 Å². The van der Waals surface area contributed by atoms with Gasteiger partial charge < -0.3 is 0 Å². The smallest absolute Gasteiger partial charge is 0.0403 e. The van der Waals surface area contributed by atoms with Crippen LogP contribution in [0.2, 0.25) is 0 Å². The fraction of sp³-hybridized carbons (Fsp3) is 0.600. The summed E-state index contributed by atoms with van der Waals surface area (Å²) in [6.45, 7) is 6.09. The van der Waals surface area contributed by atoms with Gasteiger partial charge in [-0.05, 0) is 37.8 Å². The van der Waals surface area contributed by atoms with Crippen LogP contribution in [0.5, 0.6) is 0 Å². The number of nitrogens with zero attached hydrogens (tertiary/aromatic N) is 1. The van der Waals surface area contributed by atoms with Crippen LogP contribution >= 0.6 is 0 Å². The number of rotatable bonds is 8. The zero-order valence-corrected chi connectivity index (χ0v) is 10.5. The van der Waals surface area contributed by atoms with Crippen LogP contribution in [-0.2, 0) is 12.8 Å². The molecule has 0 saturated heterocycles. The number of aromatic nitrogens is 1. The van der Waals surface area contributed by atoms with Crippen LogP contribution in [0.1, 0.15) is 56.7 Å². The third-order valence-corrected chi connectivity index (χ3v) is 2.96. The summed E-state index contributed by atoms with van der Waals surface area (Å²) in [7, 11) is 0. The molecule has 0 aliphatic carbocycles. The molecule has 0 spiro atoms. The van der Waals surface area contributed by atoms with Gasteiger partial charge in [-0.1, -0.05) is 45.1 Å². The van der Waals surface area contributed by atoms with Crippen LogP contribution in [-0.4, -0.2) is 4.98 Å². The summed E-state index contributed by atoms with van der Waals surface area (Å²) in [6.07, 6.45) is 12.1. The predicted octanol–water partition coefficient (Wildman–Crippen LogP) is 4.36. The van der Waals surface area contributed by atoms with E-state index < -0.39 is 0 Å². The van der Waals surface area contributed by atoms with Crippen LogP contribution in [0.15, 0.2) is 18.3 Å². The lowest BCUT2D eigenvalue weighted by atomic mass is 10.1. The Morgan fingerprint density at radius 2 is 1.81 bits per heavy atom. The number of unbranched alkanes of at least 4 members (excludes halogenated alkanes) is 5. The molecular formula is C15H24N. The number of hydrogen-bond acceptors (Lipinski definition) is 1. The zero-order chi connectivity index (χ0) is 11.6. The number of pyridine rings is 1. The van der Waals surface area contributed by atoms with Crippen molar-refractivity contribution in [2.75, 3.05) is 0 Å². The molecule has 16 heavy (non-hydrogen) atoms. The van der Waals surface area contributed by atoms with Crippen LogP contribution in [0.25, 0.3) is 0 Å². The van der Waals surface area contributed by atoms with Crippen molar-refractivity contribution < 1.29 is 0 Å². The topological polar surface area (TPSA) is 12.9 Å². The average Bonchev–Trinajstić information content (AvgIpc) is 2.34. The SMILES string of the molecule is [CH2]Cc1ccc(CCCCCCCC)cn1. The van der Waals surface area contributed by atoms with E-state index in [9.17, 15) is 0 Å². The molecule has 1 nitrogen and oxygen atoms in total.